The van der Waals surface area contributed by atoms with Crippen LogP contribution in [0.3, 0.4) is 0 Å². The van der Waals surface area contributed by atoms with Crippen LogP contribution >= 0.6 is 11.8 Å². The monoisotopic (exact) mass is 301 g/mol. The van der Waals surface area contributed by atoms with Gasteiger partial charge in [0.1, 0.15) is 0 Å². The lowest BCUT2D eigenvalue weighted by atomic mass is 10.2. The summed E-state index contributed by atoms with van der Waals surface area (Å²) in [5, 5.41) is 3.35. The van der Waals surface area contributed by atoms with Crippen LogP contribution < -0.4 is 5.32 Å². The Balaban J connectivity index is 1.79. The largest absolute Gasteiger partial charge is 0.383 e. The Morgan fingerprint density at radius 2 is 1.86 bits per heavy atom. The molecule has 0 saturated carbocycles. The van der Waals surface area contributed by atoms with Crippen molar-refractivity contribution in [3.05, 3.63) is 65.2 Å². The molecule has 2 nitrogen and oxygen atoms in total. The number of hydrogen-bond acceptors (Lipinski definition) is 3. The Bertz CT molecular complexity index is 539. The third-order valence-electron chi connectivity index (χ3n) is 3.22. The molecule has 0 spiro atoms. The Hall–Kier alpha value is -1.29. The van der Waals surface area contributed by atoms with Crippen molar-refractivity contribution in [3.63, 3.8) is 0 Å². The summed E-state index contributed by atoms with van der Waals surface area (Å²) in [7, 11) is 1.72. The highest BCUT2D eigenvalue weighted by Crippen LogP contribution is 2.23. The Labute approximate surface area is 131 Å². The lowest BCUT2D eigenvalue weighted by Gasteiger charge is -2.06. The van der Waals surface area contributed by atoms with Gasteiger partial charge in [-0.1, -0.05) is 42.0 Å². The standard InChI is InChI=1S/C18H23NOS/c1-15-4-3-5-17(12-15)14-21-18-8-6-16(7-9-18)13-19-10-11-20-2/h3-9,12,19H,10-11,13-14H2,1-2H3. The first-order chi connectivity index (χ1) is 10.3. The van der Waals surface area contributed by atoms with Crippen LogP contribution in [0.15, 0.2) is 53.4 Å². The van der Waals surface area contributed by atoms with Crippen molar-refractivity contribution in [2.75, 3.05) is 20.3 Å². The third kappa shape index (κ3) is 5.92. The first kappa shape index (κ1) is 16.1. The minimum atomic E-state index is 0.754. The summed E-state index contributed by atoms with van der Waals surface area (Å²) < 4.78 is 5.02. The molecule has 1 N–H and O–H groups in total. The number of benzene rings is 2. The molecule has 0 atom stereocenters. The minimum absolute atomic E-state index is 0.754. The summed E-state index contributed by atoms with van der Waals surface area (Å²) >= 11 is 1.88. The van der Waals surface area contributed by atoms with Gasteiger partial charge in [-0.15, -0.1) is 11.8 Å². The zero-order valence-electron chi connectivity index (χ0n) is 12.8. The van der Waals surface area contributed by atoms with Crippen LogP contribution in [0.5, 0.6) is 0 Å². The highest BCUT2D eigenvalue weighted by molar-refractivity contribution is 7.98. The average molecular weight is 301 g/mol. The molecule has 0 aliphatic carbocycles. The van der Waals surface area contributed by atoms with Crippen molar-refractivity contribution in [2.24, 2.45) is 0 Å². The molecule has 0 fully saturated rings. The molecule has 0 heterocycles. The SMILES string of the molecule is COCCNCc1ccc(SCc2cccc(C)c2)cc1. The summed E-state index contributed by atoms with van der Waals surface area (Å²) in [5.74, 6) is 1.02. The smallest absolute Gasteiger partial charge is 0.0587 e. The van der Waals surface area contributed by atoms with Crippen molar-refractivity contribution in [2.45, 2.75) is 24.1 Å². The normalized spacial score (nSPS) is 10.8. The Morgan fingerprint density at radius 1 is 1.05 bits per heavy atom. The second kappa shape index (κ2) is 8.88. The number of aryl methyl sites for hydroxylation is 1. The molecule has 0 aliphatic rings. The summed E-state index contributed by atoms with van der Waals surface area (Å²) in [5.41, 5.74) is 4.02. The van der Waals surface area contributed by atoms with E-state index in [0.717, 1.165) is 25.4 Å². The second-order valence-electron chi connectivity index (χ2n) is 5.09. The molecule has 0 aliphatic heterocycles. The minimum Gasteiger partial charge on any atom is -0.383 e. The highest BCUT2D eigenvalue weighted by atomic mass is 32.2. The van der Waals surface area contributed by atoms with Gasteiger partial charge in [0.2, 0.25) is 0 Å². The predicted octanol–water partition coefficient (Wildman–Crippen LogP) is 4.02. The number of ether oxygens (including phenoxy) is 1. The number of rotatable bonds is 8. The molecule has 21 heavy (non-hydrogen) atoms. The molecule has 2 aromatic carbocycles. The molecule has 2 aromatic rings. The van der Waals surface area contributed by atoms with E-state index in [1.165, 1.54) is 21.6 Å². The third-order valence-corrected chi connectivity index (χ3v) is 4.31. The van der Waals surface area contributed by atoms with Gasteiger partial charge in [0, 0.05) is 30.8 Å². The molecular weight excluding hydrogens is 278 g/mol. The molecule has 112 valence electrons. The van der Waals surface area contributed by atoms with Gasteiger partial charge in [-0.2, -0.15) is 0 Å². The molecule has 0 radical (unpaired) electrons. The maximum absolute atomic E-state index is 5.02. The van der Waals surface area contributed by atoms with Crippen LogP contribution in [-0.4, -0.2) is 20.3 Å². The molecule has 3 heteroatoms. The fourth-order valence-corrected chi connectivity index (χ4v) is 2.92. The van der Waals surface area contributed by atoms with Crippen molar-refractivity contribution < 1.29 is 4.74 Å². The fraction of sp³-hybridized carbons (Fsp3) is 0.333. The van der Waals surface area contributed by atoms with Gasteiger partial charge in [-0.05, 0) is 30.2 Å². The van der Waals surface area contributed by atoms with E-state index in [4.69, 9.17) is 4.74 Å². The van der Waals surface area contributed by atoms with Gasteiger partial charge in [-0.3, -0.25) is 0 Å². The van der Waals surface area contributed by atoms with E-state index in [2.05, 4.69) is 60.8 Å². The quantitative estimate of drug-likeness (QED) is 0.588. The van der Waals surface area contributed by atoms with Gasteiger partial charge >= 0.3 is 0 Å². The molecule has 0 saturated heterocycles. The van der Waals surface area contributed by atoms with E-state index >= 15 is 0 Å². The molecule has 2 rings (SSSR count). The van der Waals surface area contributed by atoms with E-state index in [-0.39, 0.29) is 0 Å². The van der Waals surface area contributed by atoms with Crippen LogP contribution in [0, 0.1) is 6.92 Å². The number of thioether (sulfide) groups is 1. The number of hydrogen-bond donors (Lipinski definition) is 1. The lowest BCUT2D eigenvalue weighted by molar-refractivity contribution is 0.199. The van der Waals surface area contributed by atoms with Gasteiger partial charge in [0.25, 0.3) is 0 Å². The zero-order valence-corrected chi connectivity index (χ0v) is 13.6. The van der Waals surface area contributed by atoms with Crippen LogP contribution in [0.1, 0.15) is 16.7 Å². The maximum Gasteiger partial charge on any atom is 0.0587 e. The van der Waals surface area contributed by atoms with Crippen LogP contribution in [0.2, 0.25) is 0 Å². The average Bonchev–Trinajstić information content (AvgIpc) is 2.51. The van der Waals surface area contributed by atoms with E-state index in [1.54, 1.807) is 7.11 Å². The predicted molar refractivity (Wildman–Crippen MR) is 90.8 cm³/mol. The van der Waals surface area contributed by atoms with E-state index in [9.17, 15) is 0 Å². The number of nitrogens with one attached hydrogen (secondary N) is 1. The first-order valence-corrected chi connectivity index (χ1v) is 8.23. The van der Waals surface area contributed by atoms with Crippen molar-refractivity contribution in [1.29, 1.82) is 0 Å². The fourth-order valence-electron chi connectivity index (χ4n) is 2.08. The second-order valence-corrected chi connectivity index (χ2v) is 6.14. The molecule has 0 bridgehead atoms. The van der Waals surface area contributed by atoms with Crippen LogP contribution in [0.4, 0.5) is 0 Å². The van der Waals surface area contributed by atoms with Crippen molar-refractivity contribution >= 4 is 11.8 Å². The Kier molecular flexibility index (Phi) is 6.80. The van der Waals surface area contributed by atoms with Crippen molar-refractivity contribution in [3.8, 4) is 0 Å². The summed E-state index contributed by atoms with van der Waals surface area (Å²) in [6.45, 7) is 4.68. The molecule has 0 amide bonds. The summed E-state index contributed by atoms with van der Waals surface area (Å²) in [4.78, 5) is 1.32. The Morgan fingerprint density at radius 3 is 2.57 bits per heavy atom. The van der Waals surface area contributed by atoms with E-state index in [1.807, 2.05) is 11.8 Å². The highest BCUT2D eigenvalue weighted by Gasteiger charge is 1.98. The lowest BCUT2D eigenvalue weighted by Crippen LogP contribution is -2.18. The molecule has 0 unspecified atom stereocenters. The van der Waals surface area contributed by atoms with Gasteiger partial charge in [0.15, 0.2) is 0 Å². The van der Waals surface area contributed by atoms with Crippen LogP contribution in [0.25, 0.3) is 0 Å². The van der Waals surface area contributed by atoms with Crippen LogP contribution in [-0.2, 0) is 17.0 Å². The van der Waals surface area contributed by atoms with Gasteiger partial charge < -0.3 is 10.1 Å². The van der Waals surface area contributed by atoms with Crippen molar-refractivity contribution in [1.82, 2.24) is 5.32 Å². The summed E-state index contributed by atoms with van der Waals surface area (Å²) in [6.07, 6.45) is 0. The van der Waals surface area contributed by atoms with E-state index in [0.29, 0.717) is 0 Å². The van der Waals surface area contributed by atoms with Gasteiger partial charge in [-0.25, -0.2) is 0 Å². The number of methoxy groups -OCH3 is 1. The van der Waals surface area contributed by atoms with Gasteiger partial charge in [0.05, 0.1) is 6.61 Å². The van der Waals surface area contributed by atoms with E-state index < -0.39 is 0 Å². The zero-order chi connectivity index (χ0) is 14.9. The summed E-state index contributed by atoms with van der Waals surface area (Å²) in [6, 6.07) is 17.5. The molecular formula is C18H23NOS. The molecule has 0 aromatic heterocycles. The maximum atomic E-state index is 5.02. The first-order valence-electron chi connectivity index (χ1n) is 7.25. The topological polar surface area (TPSA) is 21.3 Å².